The molecule has 2 aliphatic heterocycles. The average molecular weight is 657 g/mol. The number of hydrogen-bond acceptors (Lipinski definition) is 18. The van der Waals surface area contributed by atoms with Crippen molar-refractivity contribution in [2.24, 2.45) is 5.92 Å². The van der Waals surface area contributed by atoms with Gasteiger partial charge in [0.1, 0.15) is 23.0 Å². The van der Waals surface area contributed by atoms with Crippen molar-refractivity contribution in [1.29, 1.82) is 0 Å². The van der Waals surface area contributed by atoms with Crippen LogP contribution in [0.2, 0.25) is 0 Å². The maximum atomic E-state index is 12.4. The lowest BCUT2D eigenvalue weighted by Crippen LogP contribution is -2.34. The van der Waals surface area contributed by atoms with Crippen molar-refractivity contribution in [1.82, 2.24) is 29.1 Å². The molecule has 2 aliphatic rings. The summed E-state index contributed by atoms with van der Waals surface area (Å²) in [5, 5.41) is 38.2. The summed E-state index contributed by atoms with van der Waals surface area (Å²) in [7, 11) is 0. The van der Waals surface area contributed by atoms with Gasteiger partial charge < -0.3 is 46.1 Å². The summed E-state index contributed by atoms with van der Waals surface area (Å²) in [6, 6.07) is 0. The first kappa shape index (κ1) is 31.6. The Morgan fingerprint density at radius 1 is 1.00 bits per heavy atom. The van der Waals surface area contributed by atoms with E-state index in [0.717, 1.165) is 15.9 Å². The molecule has 0 aliphatic carbocycles. The van der Waals surface area contributed by atoms with Crippen LogP contribution < -0.4 is 26.8 Å². The molecule has 6 heterocycles. The number of anilines is 2. The fourth-order valence-corrected chi connectivity index (χ4v) is 6.62. The second-order valence-electron chi connectivity index (χ2n) is 9.91. The molecule has 4 aromatic heterocycles. The molecule has 238 valence electrons. The van der Waals surface area contributed by atoms with Crippen LogP contribution in [0.15, 0.2) is 20.6 Å². The fourth-order valence-electron chi connectivity index (χ4n) is 4.96. The standard InChI is InChI=1S/C13H16N4O5S.C10H12N4O6S/c1-5-7(4-18)22-11(9(5)21-6(2)19)17-10-8(23-13(17)20)3-15-12(14)16-10;11-9-12-6-5(7(18)13-9)21-10(19)14(6)8-4(17)3(16)2(1-15)20-8/h3,5,7,9,11,18H,4H2,1-2H3,(H2,14,15,16);2-4,8,15-17H,1H2,(H3,11,12,13,18)/t5-,7-,9-,11-;2-,3-,4-,8?/m11/s1. The van der Waals surface area contributed by atoms with Gasteiger partial charge >= 0.3 is 15.7 Å². The predicted molar refractivity (Wildman–Crippen MR) is 154 cm³/mol. The summed E-state index contributed by atoms with van der Waals surface area (Å²) >= 11 is 1.57. The topological polar surface area (TPSA) is 293 Å². The maximum Gasteiger partial charge on any atom is 0.311 e. The van der Waals surface area contributed by atoms with Crippen LogP contribution in [0.3, 0.4) is 0 Å². The zero-order chi connectivity index (χ0) is 32.0. The number of fused-ring (bicyclic) bond motifs is 2. The van der Waals surface area contributed by atoms with E-state index in [1.807, 2.05) is 0 Å². The Morgan fingerprint density at radius 2 is 1.64 bits per heavy atom. The number of carbonyl (C=O) groups is 1. The van der Waals surface area contributed by atoms with Gasteiger partial charge in [0, 0.05) is 12.8 Å². The highest BCUT2D eigenvalue weighted by molar-refractivity contribution is 7.16. The summed E-state index contributed by atoms with van der Waals surface area (Å²) in [6.45, 7) is 2.30. The van der Waals surface area contributed by atoms with Gasteiger partial charge in [0.05, 0.1) is 30.2 Å². The van der Waals surface area contributed by atoms with Gasteiger partial charge in [0.25, 0.3) is 5.56 Å². The van der Waals surface area contributed by atoms with E-state index in [1.165, 1.54) is 17.7 Å². The SMILES string of the molecule is CC(=O)O[C@@H]1[C@H](C)[C@@H](CO)O[C@H]1n1c(=O)sc2cnc(N)nc21.Nc1nc2c(sc(=O)n2C2O[C@H](CO)[C@@H](O)[C@H]2O)c(=O)[nH]1. The molecular formula is C23H28N8O11S2. The molecular weight excluding hydrogens is 628 g/mol. The number of rotatable bonds is 5. The zero-order valence-corrected chi connectivity index (χ0v) is 24.6. The number of aromatic nitrogens is 6. The molecule has 0 radical (unpaired) electrons. The van der Waals surface area contributed by atoms with Gasteiger partial charge in [-0.3, -0.25) is 33.3 Å². The third-order valence-electron chi connectivity index (χ3n) is 7.08. The van der Waals surface area contributed by atoms with E-state index in [0.29, 0.717) is 21.7 Å². The minimum atomic E-state index is -1.44. The lowest BCUT2D eigenvalue weighted by molar-refractivity contribution is -0.153. The van der Waals surface area contributed by atoms with Gasteiger partial charge in [0.15, 0.2) is 29.9 Å². The molecule has 4 aromatic rings. The molecule has 0 amide bonds. The molecule has 6 rings (SSSR count). The number of aromatic amines is 1. The van der Waals surface area contributed by atoms with Gasteiger partial charge in [-0.15, -0.1) is 0 Å². The molecule has 2 fully saturated rings. The van der Waals surface area contributed by atoms with Crippen LogP contribution in [0.5, 0.6) is 0 Å². The molecule has 1 unspecified atom stereocenters. The molecule has 9 N–H and O–H groups in total. The second-order valence-corrected chi connectivity index (χ2v) is 11.9. The Morgan fingerprint density at radius 3 is 2.27 bits per heavy atom. The highest BCUT2D eigenvalue weighted by atomic mass is 32.1. The molecule has 2 saturated heterocycles. The van der Waals surface area contributed by atoms with E-state index < -0.39 is 66.0 Å². The number of hydrogen-bond donors (Lipinski definition) is 7. The van der Waals surface area contributed by atoms with Crippen LogP contribution in [-0.2, 0) is 19.0 Å². The van der Waals surface area contributed by atoms with E-state index >= 15 is 0 Å². The van der Waals surface area contributed by atoms with E-state index in [9.17, 15) is 34.5 Å². The molecule has 0 spiro atoms. The summed E-state index contributed by atoms with van der Waals surface area (Å²) in [4.78, 5) is 60.7. The maximum absolute atomic E-state index is 12.4. The lowest BCUT2D eigenvalue weighted by Gasteiger charge is -2.21. The van der Waals surface area contributed by atoms with Crippen molar-refractivity contribution < 1.29 is 39.4 Å². The normalized spacial score (nSPS) is 28.3. The Kier molecular flexibility index (Phi) is 8.82. The van der Waals surface area contributed by atoms with Crippen molar-refractivity contribution >= 4 is 61.2 Å². The van der Waals surface area contributed by atoms with Gasteiger partial charge in [-0.1, -0.05) is 29.6 Å². The highest BCUT2D eigenvalue weighted by Crippen LogP contribution is 2.37. The largest absolute Gasteiger partial charge is 0.457 e. The van der Waals surface area contributed by atoms with Crippen molar-refractivity contribution in [3.8, 4) is 0 Å². The number of nitrogens with zero attached hydrogens (tertiary/aromatic N) is 5. The average Bonchev–Trinajstić information content (AvgIpc) is 3.65. The number of ether oxygens (including phenoxy) is 3. The summed E-state index contributed by atoms with van der Waals surface area (Å²) < 4.78 is 19.2. The molecule has 8 atom stereocenters. The van der Waals surface area contributed by atoms with Gasteiger partial charge in [-0.2, -0.15) is 9.97 Å². The van der Waals surface area contributed by atoms with Crippen molar-refractivity contribution in [2.45, 2.75) is 56.8 Å². The first-order valence-electron chi connectivity index (χ1n) is 13.0. The van der Waals surface area contributed by atoms with E-state index in [2.05, 4.69) is 19.9 Å². The number of esters is 1. The monoisotopic (exact) mass is 656 g/mol. The molecule has 0 aromatic carbocycles. The molecule has 21 heteroatoms. The zero-order valence-electron chi connectivity index (χ0n) is 23.0. The van der Waals surface area contributed by atoms with Crippen LogP contribution in [0, 0.1) is 5.92 Å². The van der Waals surface area contributed by atoms with Crippen LogP contribution >= 0.6 is 22.7 Å². The number of carbonyl (C=O) groups excluding carboxylic acids is 1. The first-order valence-corrected chi connectivity index (χ1v) is 14.6. The Balaban J connectivity index is 0.000000175. The summed E-state index contributed by atoms with van der Waals surface area (Å²) in [5.41, 5.74) is 10.7. The fraction of sp³-hybridized carbons (Fsp3) is 0.522. The number of H-pyrrole nitrogens is 1. The number of aliphatic hydroxyl groups excluding tert-OH is 4. The van der Waals surface area contributed by atoms with Crippen LogP contribution in [-0.4, -0.2) is 99.2 Å². The number of aliphatic hydroxyl groups is 4. The highest BCUT2D eigenvalue weighted by Gasteiger charge is 2.47. The smallest absolute Gasteiger partial charge is 0.311 e. The Bertz CT molecular complexity index is 1870. The summed E-state index contributed by atoms with van der Waals surface area (Å²) in [5.74, 6) is -0.936. The predicted octanol–water partition coefficient (Wildman–Crippen LogP) is -2.77. The van der Waals surface area contributed by atoms with Gasteiger partial charge in [0.2, 0.25) is 11.9 Å². The third-order valence-corrected chi connectivity index (χ3v) is 8.90. The molecule has 19 nitrogen and oxygen atoms in total. The van der Waals surface area contributed by atoms with Crippen LogP contribution in [0.4, 0.5) is 11.9 Å². The van der Waals surface area contributed by atoms with Gasteiger partial charge in [-0.25, -0.2) is 4.98 Å². The Labute approximate surface area is 252 Å². The number of thiazole rings is 2. The molecule has 44 heavy (non-hydrogen) atoms. The minimum Gasteiger partial charge on any atom is -0.457 e. The van der Waals surface area contributed by atoms with E-state index in [1.54, 1.807) is 6.92 Å². The second kappa shape index (κ2) is 12.3. The quantitative estimate of drug-likeness (QED) is 0.107. The van der Waals surface area contributed by atoms with Gasteiger partial charge in [-0.05, 0) is 0 Å². The van der Waals surface area contributed by atoms with Crippen LogP contribution in [0.25, 0.3) is 20.7 Å². The van der Waals surface area contributed by atoms with Crippen molar-refractivity contribution in [2.75, 3.05) is 24.7 Å². The van der Waals surface area contributed by atoms with Crippen molar-refractivity contribution in [3.63, 3.8) is 0 Å². The Hall–Kier alpha value is -3.83. The number of nitrogens with one attached hydrogen (secondary N) is 1. The van der Waals surface area contributed by atoms with E-state index in [-0.39, 0.29) is 39.6 Å². The molecule has 0 bridgehead atoms. The van der Waals surface area contributed by atoms with Crippen LogP contribution in [0.1, 0.15) is 26.3 Å². The minimum absolute atomic E-state index is 0.0258. The lowest BCUT2D eigenvalue weighted by atomic mass is 10.0. The first-order chi connectivity index (χ1) is 20.9. The van der Waals surface area contributed by atoms with Crippen molar-refractivity contribution in [3.05, 3.63) is 35.9 Å². The number of nitrogen functional groups attached to an aromatic ring is 2. The van der Waals surface area contributed by atoms with E-state index in [4.69, 9.17) is 30.8 Å². The number of nitrogens with two attached hydrogens (primary N) is 2. The summed E-state index contributed by atoms with van der Waals surface area (Å²) in [6.07, 6.45) is -5.77. The molecule has 0 saturated carbocycles. The third kappa shape index (κ3) is 5.59.